The fraction of sp³-hybridized carbons (Fsp3) is 0.818. The minimum atomic E-state index is -1.32. The zero-order valence-electron chi connectivity index (χ0n) is 10.2. The summed E-state index contributed by atoms with van der Waals surface area (Å²) in [5.74, 6) is -0.940. The van der Waals surface area contributed by atoms with Gasteiger partial charge in [0, 0.05) is 6.54 Å². The Balaban J connectivity index is 2.52. The summed E-state index contributed by atoms with van der Waals surface area (Å²) in [4.78, 5) is 22.7. The van der Waals surface area contributed by atoms with Crippen LogP contribution in [0.25, 0.3) is 0 Å². The average Bonchev–Trinajstić information content (AvgIpc) is 2.36. The van der Waals surface area contributed by atoms with E-state index < -0.39 is 17.4 Å². The molecule has 0 bridgehead atoms. The van der Waals surface area contributed by atoms with Crippen molar-refractivity contribution in [3.05, 3.63) is 0 Å². The van der Waals surface area contributed by atoms with E-state index in [0.717, 1.165) is 25.8 Å². The standard InChI is InChI=1S/C11H21N3O3/c1-2-11(4-3-5-13-7-11)10(17)14-6-8(15)9(12)16/h8,13,15H,2-7H2,1H3,(H2,12,16)(H,14,17). The van der Waals surface area contributed by atoms with Crippen molar-refractivity contribution >= 4 is 11.8 Å². The van der Waals surface area contributed by atoms with Gasteiger partial charge in [0.2, 0.25) is 11.8 Å². The Labute approximate surface area is 101 Å². The summed E-state index contributed by atoms with van der Waals surface area (Å²) in [6.07, 6.45) is 1.21. The van der Waals surface area contributed by atoms with E-state index in [1.807, 2.05) is 6.92 Å². The molecule has 0 aromatic rings. The van der Waals surface area contributed by atoms with Crippen molar-refractivity contribution in [1.29, 1.82) is 0 Å². The van der Waals surface area contributed by atoms with Gasteiger partial charge >= 0.3 is 0 Å². The molecule has 1 heterocycles. The van der Waals surface area contributed by atoms with Crippen LogP contribution in [0.3, 0.4) is 0 Å². The van der Waals surface area contributed by atoms with E-state index in [1.165, 1.54) is 0 Å². The molecule has 0 aliphatic carbocycles. The minimum Gasteiger partial charge on any atom is -0.381 e. The topological polar surface area (TPSA) is 104 Å². The molecule has 2 atom stereocenters. The van der Waals surface area contributed by atoms with E-state index in [9.17, 15) is 14.7 Å². The van der Waals surface area contributed by atoms with E-state index in [1.54, 1.807) is 0 Å². The van der Waals surface area contributed by atoms with Gasteiger partial charge in [0.25, 0.3) is 0 Å². The monoisotopic (exact) mass is 243 g/mol. The largest absolute Gasteiger partial charge is 0.381 e. The van der Waals surface area contributed by atoms with Gasteiger partial charge in [0.1, 0.15) is 6.10 Å². The molecule has 1 saturated heterocycles. The Morgan fingerprint density at radius 1 is 1.59 bits per heavy atom. The highest BCUT2D eigenvalue weighted by molar-refractivity contribution is 5.84. The van der Waals surface area contributed by atoms with Crippen molar-refractivity contribution in [2.24, 2.45) is 11.1 Å². The summed E-state index contributed by atoms with van der Waals surface area (Å²) < 4.78 is 0. The second kappa shape index (κ2) is 5.97. The van der Waals surface area contributed by atoms with E-state index in [2.05, 4.69) is 10.6 Å². The Bertz CT molecular complexity index is 288. The summed E-state index contributed by atoms with van der Waals surface area (Å²) in [6, 6.07) is 0. The smallest absolute Gasteiger partial charge is 0.248 e. The van der Waals surface area contributed by atoms with Crippen LogP contribution < -0.4 is 16.4 Å². The molecule has 0 spiro atoms. The number of primary amides is 1. The third-order valence-electron chi connectivity index (χ3n) is 3.42. The molecule has 17 heavy (non-hydrogen) atoms. The minimum absolute atomic E-state index is 0.115. The predicted molar refractivity (Wildman–Crippen MR) is 63.0 cm³/mol. The molecule has 0 aromatic heterocycles. The van der Waals surface area contributed by atoms with E-state index in [-0.39, 0.29) is 12.5 Å². The summed E-state index contributed by atoms with van der Waals surface area (Å²) in [6.45, 7) is 3.42. The first-order valence-electron chi connectivity index (χ1n) is 5.98. The van der Waals surface area contributed by atoms with Crippen LogP contribution in [0.1, 0.15) is 26.2 Å². The SMILES string of the molecule is CCC1(C(=O)NCC(O)C(N)=O)CCCNC1. The Morgan fingerprint density at radius 2 is 2.29 bits per heavy atom. The van der Waals surface area contributed by atoms with E-state index in [0.29, 0.717) is 6.54 Å². The van der Waals surface area contributed by atoms with Crippen LogP contribution in [0.2, 0.25) is 0 Å². The summed E-state index contributed by atoms with van der Waals surface area (Å²) in [5.41, 5.74) is 4.49. The fourth-order valence-corrected chi connectivity index (χ4v) is 2.10. The van der Waals surface area contributed by atoms with Crippen LogP contribution in [0, 0.1) is 5.41 Å². The van der Waals surface area contributed by atoms with Crippen LogP contribution in [-0.4, -0.2) is 42.7 Å². The molecule has 1 fully saturated rings. The highest BCUT2D eigenvalue weighted by Gasteiger charge is 2.37. The Kier molecular flexibility index (Phi) is 4.89. The molecule has 2 amide bonds. The molecule has 6 nitrogen and oxygen atoms in total. The van der Waals surface area contributed by atoms with Crippen LogP contribution in [-0.2, 0) is 9.59 Å². The second-order valence-electron chi connectivity index (χ2n) is 4.54. The molecule has 0 aromatic carbocycles. The third kappa shape index (κ3) is 3.41. The Morgan fingerprint density at radius 3 is 2.76 bits per heavy atom. The second-order valence-corrected chi connectivity index (χ2v) is 4.54. The summed E-state index contributed by atoms with van der Waals surface area (Å²) >= 11 is 0. The summed E-state index contributed by atoms with van der Waals surface area (Å²) in [5, 5.41) is 15.0. The molecule has 5 N–H and O–H groups in total. The molecule has 0 saturated carbocycles. The van der Waals surface area contributed by atoms with Crippen molar-refractivity contribution in [3.63, 3.8) is 0 Å². The van der Waals surface area contributed by atoms with Gasteiger partial charge in [-0.2, -0.15) is 0 Å². The number of amides is 2. The van der Waals surface area contributed by atoms with Gasteiger partial charge in [0.15, 0.2) is 0 Å². The Hall–Kier alpha value is -1.14. The van der Waals surface area contributed by atoms with Crippen molar-refractivity contribution in [2.75, 3.05) is 19.6 Å². The van der Waals surface area contributed by atoms with Gasteiger partial charge in [-0.3, -0.25) is 9.59 Å². The van der Waals surface area contributed by atoms with Gasteiger partial charge in [-0.1, -0.05) is 6.92 Å². The van der Waals surface area contributed by atoms with Gasteiger partial charge in [-0.05, 0) is 25.8 Å². The maximum Gasteiger partial charge on any atom is 0.248 e. The zero-order chi connectivity index (χ0) is 12.9. The van der Waals surface area contributed by atoms with Gasteiger partial charge in [0.05, 0.1) is 12.0 Å². The van der Waals surface area contributed by atoms with E-state index in [4.69, 9.17) is 5.73 Å². The molecule has 2 unspecified atom stereocenters. The molecular formula is C11H21N3O3. The molecule has 1 aliphatic rings. The summed E-state index contributed by atoms with van der Waals surface area (Å²) in [7, 11) is 0. The zero-order valence-corrected chi connectivity index (χ0v) is 10.2. The fourth-order valence-electron chi connectivity index (χ4n) is 2.10. The number of carbonyl (C=O) groups is 2. The molecule has 6 heteroatoms. The van der Waals surface area contributed by atoms with Crippen LogP contribution >= 0.6 is 0 Å². The number of nitrogens with one attached hydrogen (secondary N) is 2. The lowest BCUT2D eigenvalue weighted by molar-refractivity contribution is -0.133. The normalized spacial score (nSPS) is 26.2. The van der Waals surface area contributed by atoms with Crippen LogP contribution in [0.15, 0.2) is 0 Å². The van der Waals surface area contributed by atoms with Crippen LogP contribution in [0.5, 0.6) is 0 Å². The van der Waals surface area contributed by atoms with Crippen LogP contribution in [0.4, 0.5) is 0 Å². The number of aliphatic hydroxyl groups is 1. The van der Waals surface area contributed by atoms with E-state index >= 15 is 0 Å². The third-order valence-corrected chi connectivity index (χ3v) is 3.42. The number of nitrogens with two attached hydrogens (primary N) is 1. The van der Waals surface area contributed by atoms with Gasteiger partial charge in [-0.25, -0.2) is 0 Å². The maximum atomic E-state index is 12.1. The molecule has 1 aliphatic heterocycles. The average molecular weight is 243 g/mol. The first kappa shape index (κ1) is 13.9. The van der Waals surface area contributed by atoms with Crippen molar-refractivity contribution in [1.82, 2.24) is 10.6 Å². The number of rotatable bonds is 5. The maximum absolute atomic E-state index is 12.1. The highest BCUT2D eigenvalue weighted by Crippen LogP contribution is 2.30. The number of piperidine rings is 1. The lowest BCUT2D eigenvalue weighted by Crippen LogP contribution is -2.52. The van der Waals surface area contributed by atoms with Crippen molar-refractivity contribution < 1.29 is 14.7 Å². The number of hydrogen-bond donors (Lipinski definition) is 4. The quantitative estimate of drug-likeness (QED) is 0.483. The number of aliphatic hydroxyl groups excluding tert-OH is 1. The highest BCUT2D eigenvalue weighted by atomic mass is 16.3. The first-order valence-corrected chi connectivity index (χ1v) is 5.98. The lowest BCUT2D eigenvalue weighted by Gasteiger charge is -2.35. The lowest BCUT2D eigenvalue weighted by atomic mass is 9.77. The molecule has 98 valence electrons. The van der Waals surface area contributed by atoms with Crippen molar-refractivity contribution in [2.45, 2.75) is 32.3 Å². The van der Waals surface area contributed by atoms with Gasteiger partial charge < -0.3 is 21.5 Å². The number of hydrogen-bond acceptors (Lipinski definition) is 4. The molecule has 1 rings (SSSR count). The van der Waals surface area contributed by atoms with Crippen molar-refractivity contribution in [3.8, 4) is 0 Å². The van der Waals surface area contributed by atoms with Gasteiger partial charge in [-0.15, -0.1) is 0 Å². The predicted octanol–water partition coefficient (Wildman–Crippen LogP) is -1.27. The molecular weight excluding hydrogens is 222 g/mol. The molecule has 0 radical (unpaired) electrons. The number of carbonyl (C=O) groups excluding carboxylic acids is 2. The first-order chi connectivity index (χ1) is 8.02.